The topological polar surface area (TPSA) is 105 Å². The predicted molar refractivity (Wildman–Crippen MR) is 114 cm³/mol. The highest BCUT2D eigenvalue weighted by Crippen LogP contribution is 2.37. The maximum absolute atomic E-state index is 13.8. The fourth-order valence-corrected chi connectivity index (χ4v) is 4.13. The Morgan fingerprint density at radius 2 is 1.91 bits per heavy atom. The van der Waals surface area contributed by atoms with Gasteiger partial charge in [0.05, 0.1) is 25.3 Å². The molecule has 12 heteroatoms. The van der Waals surface area contributed by atoms with Crippen LogP contribution in [-0.4, -0.2) is 69.4 Å². The number of alkyl halides is 3. The number of carbonyl (C=O) groups excluding carboxylic acids is 1. The molecule has 0 saturated carbocycles. The quantitative estimate of drug-likeness (QED) is 0.536. The first-order chi connectivity index (χ1) is 16.6. The first-order valence-corrected chi connectivity index (χ1v) is 10.6. The lowest BCUT2D eigenvalue weighted by molar-refractivity contribution is -0.192. The summed E-state index contributed by atoms with van der Waals surface area (Å²) in [6.45, 7) is 1.54. The lowest BCUT2D eigenvalue weighted by Gasteiger charge is -2.52. The normalized spacial score (nSPS) is 19.0. The molecule has 3 aromatic rings. The van der Waals surface area contributed by atoms with Crippen molar-refractivity contribution < 1.29 is 41.7 Å². The lowest BCUT2D eigenvalue weighted by atomic mass is 9.84. The van der Waals surface area contributed by atoms with E-state index in [1.807, 2.05) is 24.3 Å². The number of likely N-dealkylation sites (tertiary alicyclic amines) is 1. The van der Waals surface area contributed by atoms with E-state index in [9.17, 15) is 22.4 Å². The Balaban J connectivity index is 0.000000364. The summed E-state index contributed by atoms with van der Waals surface area (Å²) in [7, 11) is 0. The first-order valence-electron chi connectivity index (χ1n) is 10.6. The fourth-order valence-electron chi connectivity index (χ4n) is 4.13. The van der Waals surface area contributed by atoms with Crippen LogP contribution in [0.25, 0.3) is 10.9 Å². The maximum Gasteiger partial charge on any atom is 0.490 e. The lowest BCUT2D eigenvalue weighted by Crippen LogP contribution is -2.67. The number of pyridine rings is 1. The maximum atomic E-state index is 13.8. The fraction of sp³-hybridized carbons (Fsp3) is 0.348. The van der Waals surface area contributed by atoms with Crippen LogP contribution in [0, 0.1) is 5.82 Å². The van der Waals surface area contributed by atoms with E-state index in [4.69, 9.17) is 19.4 Å². The van der Waals surface area contributed by atoms with Gasteiger partial charge in [0.15, 0.2) is 5.82 Å². The van der Waals surface area contributed by atoms with Gasteiger partial charge in [0.2, 0.25) is 0 Å². The molecule has 2 aromatic heterocycles. The van der Waals surface area contributed by atoms with Gasteiger partial charge in [-0.3, -0.25) is 4.79 Å². The molecular weight excluding hydrogens is 474 g/mol. The molecule has 1 aromatic carbocycles. The molecule has 0 aliphatic carbocycles. The van der Waals surface area contributed by atoms with Crippen LogP contribution in [0.15, 0.2) is 48.8 Å². The Bertz CT molecular complexity index is 1220. The van der Waals surface area contributed by atoms with Crippen LogP contribution in [0.4, 0.5) is 17.6 Å². The number of nitrogens with one attached hydrogen (secondary N) is 1. The first kappa shape index (κ1) is 24.5. The van der Waals surface area contributed by atoms with Gasteiger partial charge in [-0.15, -0.1) is 0 Å². The van der Waals surface area contributed by atoms with E-state index < -0.39 is 23.6 Å². The van der Waals surface area contributed by atoms with Crippen LogP contribution in [-0.2, 0) is 9.53 Å². The number of carboxylic acid groups (broad SMARTS) is 1. The van der Waals surface area contributed by atoms with Crippen LogP contribution in [0.1, 0.15) is 23.2 Å². The summed E-state index contributed by atoms with van der Waals surface area (Å²) >= 11 is 0. The number of benzene rings is 1. The molecule has 1 amide bonds. The summed E-state index contributed by atoms with van der Waals surface area (Å²) in [5, 5.41) is 8.05. The molecule has 1 spiro atoms. The second-order valence-corrected chi connectivity index (χ2v) is 8.27. The minimum Gasteiger partial charge on any atom is -0.475 e. The molecule has 0 bridgehead atoms. The number of H-pyrrole nitrogens is 1. The van der Waals surface area contributed by atoms with Gasteiger partial charge in [-0.25, -0.2) is 14.2 Å². The number of aromatic nitrogens is 2. The summed E-state index contributed by atoms with van der Waals surface area (Å²) in [6, 6.07) is 10.6. The molecule has 35 heavy (non-hydrogen) atoms. The molecule has 0 radical (unpaired) electrons. The highest BCUT2D eigenvalue weighted by atomic mass is 19.4. The number of aromatic amines is 1. The highest BCUT2D eigenvalue weighted by molar-refractivity contribution is 6.07. The third-order valence-corrected chi connectivity index (χ3v) is 5.76. The summed E-state index contributed by atoms with van der Waals surface area (Å²) in [5.74, 6) is -3.21. The number of rotatable bonds is 3. The van der Waals surface area contributed by atoms with Crippen molar-refractivity contribution in [3.63, 3.8) is 0 Å². The van der Waals surface area contributed by atoms with Crippen molar-refractivity contribution in [2.45, 2.75) is 30.7 Å². The summed E-state index contributed by atoms with van der Waals surface area (Å²) < 4.78 is 57.3. The van der Waals surface area contributed by atoms with E-state index in [-0.39, 0.29) is 17.9 Å². The molecule has 2 saturated heterocycles. The van der Waals surface area contributed by atoms with Crippen molar-refractivity contribution in [1.29, 1.82) is 0 Å². The zero-order chi connectivity index (χ0) is 25.2. The van der Waals surface area contributed by atoms with E-state index in [0.717, 1.165) is 10.9 Å². The molecule has 186 valence electrons. The van der Waals surface area contributed by atoms with E-state index in [0.29, 0.717) is 38.1 Å². The smallest absolute Gasteiger partial charge is 0.475 e. The minimum atomic E-state index is -5.08. The van der Waals surface area contributed by atoms with E-state index in [1.165, 1.54) is 18.3 Å². The van der Waals surface area contributed by atoms with E-state index in [1.54, 1.807) is 11.1 Å². The third kappa shape index (κ3) is 5.37. The molecular formula is C23H21F4N3O5. The number of halogens is 4. The van der Waals surface area contributed by atoms with Gasteiger partial charge in [0.1, 0.15) is 11.7 Å². The number of hydrogen-bond donors (Lipinski definition) is 2. The predicted octanol–water partition coefficient (Wildman–Crippen LogP) is 3.79. The Kier molecular flexibility index (Phi) is 6.66. The second-order valence-electron chi connectivity index (χ2n) is 8.27. The van der Waals surface area contributed by atoms with Gasteiger partial charge < -0.3 is 24.5 Å². The standard InChI is InChI=1S/C21H20FN3O3.C2HF3O2/c22-17-5-3-8-23-19(17)28-14-7-9-27-21(10-14)12-25(13-21)20(26)16-11-24-18-6-2-1-4-15(16)18;3-2(4,5)1(6)7/h1-6,8,11,14,24H,7,9-10,12-13H2;(H,6,7). The number of fused-ring (bicyclic) bond motifs is 1. The monoisotopic (exact) mass is 495 g/mol. The number of carbonyl (C=O) groups is 2. The molecule has 2 aliphatic rings. The number of ether oxygens (including phenoxy) is 2. The van der Waals surface area contributed by atoms with Gasteiger partial charge in [-0.1, -0.05) is 18.2 Å². The van der Waals surface area contributed by atoms with Gasteiger partial charge >= 0.3 is 12.1 Å². The van der Waals surface area contributed by atoms with Crippen LogP contribution in [0.5, 0.6) is 5.88 Å². The molecule has 1 unspecified atom stereocenters. The van der Waals surface area contributed by atoms with E-state index >= 15 is 0 Å². The average molecular weight is 495 g/mol. The minimum absolute atomic E-state index is 0.00881. The summed E-state index contributed by atoms with van der Waals surface area (Å²) in [4.78, 5) is 30.7. The van der Waals surface area contributed by atoms with Gasteiger partial charge in [0, 0.05) is 36.1 Å². The number of amides is 1. The van der Waals surface area contributed by atoms with E-state index in [2.05, 4.69) is 9.97 Å². The van der Waals surface area contributed by atoms with Crippen molar-refractivity contribution in [2.75, 3.05) is 19.7 Å². The van der Waals surface area contributed by atoms with Crippen LogP contribution >= 0.6 is 0 Å². The average Bonchev–Trinajstić information content (AvgIpc) is 3.23. The van der Waals surface area contributed by atoms with Crippen molar-refractivity contribution in [3.8, 4) is 5.88 Å². The van der Waals surface area contributed by atoms with Crippen molar-refractivity contribution in [2.24, 2.45) is 0 Å². The SMILES string of the molecule is O=C(O)C(F)(F)F.O=C(c1c[nH]c2ccccc12)N1CC2(CC(Oc3ncccc3F)CCO2)C1. The second kappa shape index (κ2) is 9.53. The van der Waals surface area contributed by atoms with Crippen LogP contribution in [0.3, 0.4) is 0 Å². The molecule has 1 atom stereocenters. The number of nitrogens with zero attached hydrogens (tertiary/aromatic N) is 2. The van der Waals surface area contributed by atoms with Gasteiger partial charge in [-0.05, 0) is 18.2 Å². The van der Waals surface area contributed by atoms with Crippen LogP contribution in [0.2, 0.25) is 0 Å². The molecule has 2 aliphatic heterocycles. The van der Waals surface area contributed by atoms with Crippen molar-refractivity contribution in [1.82, 2.24) is 14.9 Å². The summed E-state index contributed by atoms with van der Waals surface area (Å²) in [6.07, 6.45) is -0.702. The summed E-state index contributed by atoms with van der Waals surface area (Å²) in [5.41, 5.74) is 1.20. The van der Waals surface area contributed by atoms with Crippen molar-refractivity contribution in [3.05, 3.63) is 60.2 Å². The van der Waals surface area contributed by atoms with Gasteiger partial charge in [-0.2, -0.15) is 13.2 Å². The van der Waals surface area contributed by atoms with Crippen LogP contribution < -0.4 is 4.74 Å². The Labute approximate surface area is 196 Å². The number of aliphatic carboxylic acids is 1. The number of hydrogen-bond acceptors (Lipinski definition) is 5. The zero-order valence-corrected chi connectivity index (χ0v) is 18.2. The molecule has 5 rings (SSSR count). The Morgan fingerprint density at radius 1 is 1.20 bits per heavy atom. The molecule has 2 fully saturated rings. The number of para-hydroxylation sites is 1. The molecule has 2 N–H and O–H groups in total. The highest BCUT2D eigenvalue weighted by Gasteiger charge is 2.50. The van der Waals surface area contributed by atoms with Gasteiger partial charge in [0.25, 0.3) is 11.8 Å². The molecule has 8 nitrogen and oxygen atoms in total. The zero-order valence-electron chi connectivity index (χ0n) is 18.2. The largest absolute Gasteiger partial charge is 0.490 e. The van der Waals surface area contributed by atoms with Crippen molar-refractivity contribution >= 4 is 22.8 Å². The Morgan fingerprint density at radius 3 is 2.60 bits per heavy atom. The Hall–Kier alpha value is -3.67. The number of carboxylic acids is 1. The third-order valence-electron chi connectivity index (χ3n) is 5.76. The molecule has 4 heterocycles.